The minimum atomic E-state index is -2.96. The van der Waals surface area contributed by atoms with Crippen LogP contribution in [0.2, 0.25) is 0 Å². The highest BCUT2D eigenvalue weighted by molar-refractivity contribution is 7.91. The molecule has 1 aromatic rings. The third-order valence-corrected chi connectivity index (χ3v) is 5.18. The lowest BCUT2D eigenvalue weighted by Crippen LogP contribution is -2.35. The minimum absolute atomic E-state index is 0.0584. The molecule has 5 heteroatoms. The SMILES string of the molecule is CC(C)c1ccc(C(=O)N[C@@H]2CCS(=O)(=O)C2)cc1. The van der Waals surface area contributed by atoms with Crippen LogP contribution < -0.4 is 5.32 Å². The van der Waals surface area contributed by atoms with Crippen molar-refractivity contribution in [3.63, 3.8) is 0 Å². The van der Waals surface area contributed by atoms with Gasteiger partial charge in [-0.15, -0.1) is 0 Å². The topological polar surface area (TPSA) is 63.2 Å². The van der Waals surface area contributed by atoms with Crippen molar-refractivity contribution < 1.29 is 13.2 Å². The lowest BCUT2D eigenvalue weighted by molar-refractivity contribution is 0.0941. The third-order valence-electron chi connectivity index (χ3n) is 3.41. The maximum Gasteiger partial charge on any atom is 0.251 e. The van der Waals surface area contributed by atoms with E-state index in [9.17, 15) is 13.2 Å². The van der Waals surface area contributed by atoms with Crippen LogP contribution in [0, 0.1) is 0 Å². The summed E-state index contributed by atoms with van der Waals surface area (Å²) < 4.78 is 22.7. The molecule has 0 radical (unpaired) electrons. The molecule has 1 heterocycles. The number of hydrogen-bond acceptors (Lipinski definition) is 3. The van der Waals surface area contributed by atoms with Gasteiger partial charge >= 0.3 is 0 Å². The van der Waals surface area contributed by atoms with E-state index in [1.54, 1.807) is 12.1 Å². The zero-order chi connectivity index (χ0) is 14.0. The van der Waals surface area contributed by atoms with Crippen LogP contribution in [0.25, 0.3) is 0 Å². The molecule has 1 fully saturated rings. The van der Waals surface area contributed by atoms with Gasteiger partial charge in [-0.1, -0.05) is 26.0 Å². The Hall–Kier alpha value is -1.36. The molecular formula is C14H19NO3S. The van der Waals surface area contributed by atoms with E-state index < -0.39 is 9.84 Å². The fraction of sp³-hybridized carbons (Fsp3) is 0.500. The number of amides is 1. The van der Waals surface area contributed by atoms with E-state index in [0.29, 0.717) is 17.9 Å². The third kappa shape index (κ3) is 3.56. The molecule has 0 bridgehead atoms. The Morgan fingerprint density at radius 1 is 1.26 bits per heavy atom. The van der Waals surface area contributed by atoms with Crippen molar-refractivity contribution in [2.45, 2.75) is 32.2 Å². The highest BCUT2D eigenvalue weighted by Crippen LogP contribution is 2.16. The highest BCUT2D eigenvalue weighted by atomic mass is 32.2. The van der Waals surface area contributed by atoms with Gasteiger partial charge in [-0.3, -0.25) is 4.79 Å². The Morgan fingerprint density at radius 2 is 1.89 bits per heavy atom. The number of nitrogens with one attached hydrogen (secondary N) is 1. The molecule has 0 saturated carbocycles. The molecule has 2 rings (SSSR count). The lowest BCUT2D eigenvalue weighted by atomic mass is 10.0. The molecule has 1 aliphatic heterocycles. The summed E-state index contributed by atoms with van der Waals surface area (Å²) in [6.45, 7) is 4.19. The fourth-order valence-electron chi connectivity index (χ4n) is 2.20. The largest absolute Gasteiger partial charge is 0.348 e. The molecule has 1 aromatic carbocycles. The molecule has 1 amide bonds. The normalized spacial score (nSPS) is 21.5. The number of benzene rings is 1. The highest BCUT2D eigenvalue weighted by Gasteiger charge is 2.29. The zero-order valence-corrected chi connectivity index (χ0v) is 12.0. The Morgan fingerprint density at radius 3 is 2.37 bits per heavy atom. The van der Waals surface area contributed by atoms with Gasteiger partial charge in [0.2, 0.25) is 0 Å². The van der Waals surface area contributed by atoms with Crippen molar-refractivity contribution in [2.75, 3.05) is 11.5 Å². The van der Waals surface area contributed by atoms with Gasteiger partial charge < -0.3 is 5.32 Å². The number of carbonyl (C=O) groups is 1. The van der Waals surface area contributed by atoms with Gasteiger partial charge in [0.1, 0.15) is 0 Å². The van der Waals surface area contributed by atoms with Gasteiger partial charge in [-0.05, 0) is 30.0 Å². The van der Waals surface area contributed by atoms with Crippen LogP contribution in [0.4, 0.5) is 0 Å². The average molecular weight is 281 g/mol. The summed E-state index contributed by atoms with van der Waals surface area (Å²) in [7, 11) is -2.96. The van der Waals surface area contributed by atoms with Crippen molar-refractivity contribution >= 4 is 15.7 Å². The van der Waals surface area contributed by atoms with Crippen molar-refractivity contribution in [2.24, 2.45) is 0 Å². The molecule has 104 valence electrons. The second-order valence-corrected chi connectivity index (χ2v) is 7.58. The number of rotatable bonds is 3. The first kappa shape index (κ1) is 14.1. The Kier molecular flexibility index (Phi) is 3.94. The smallest absolute Gasteiger partial charge is 0.251 e. The summed E-state index contributed by atoms with van der Waals surface area (Å²) in [6, 6.07) is 7.19. The van der Waals surface area contributed by atoms with Gasteiger partial charge in [0, 0.05) is 11.6 Å². The van der Waals surface area contributed by atoms with Crippen molar-refractivity contribution in [3.05, 3.63) is 35.4 Å². The summed E-state index contributed by atoms with van der Waals surface area (Å²) in [6.07, 6.45) is 0.512. The molecule has 19 heavy (non-hydrogen) atoms. The fourth-order valence-corrected chi connectivity index (χ4v) is 3.87. The first-order valence-corrected chi connectivity index (χ1v) is 8.31. The van der Waals surface area contributed by atoms with Gasteiger partial charge in [-0.25, -0.2) is 8.42 Å². The standard InChI is InChI=1S/C14H19NO3S/c1-10(2)11-3-5-12(6-4-11)14(16)15-13-7-8-19(17,18)9-13/h3-6,10,13H,7-9H2,1-2H3,(H,15,16)/t13-/m1/s1. The maximum atomic E-state index is 12.0. The second kappa shape index (κ2) is 5.33. The number of sulfone groups is 1. The quantitative estimate of drug-likeness (QED) is 0.917. The molecule has 0 unspecified atom stereocenters. The number of hydrogen-bond donors (Lipinski definition) is 1. The molecule has 0 spiro atoms. The van der Waals surface area contributed by atoms with Crippen LogP contribution in [-0.2, 0) is 9.84 Å². The molecule has 1 N–H and O–H groups in total. The Bertz CT molecular complexity index is 561. The van der Waals surface area contributed by atoms with Crippen molar-refractivity contribution in [1.82, 2.24) is 5.32 Å². The van der Waals surface area contributed by atoms with E-state index in [0.717, 1.165) is 0 Å². The minimum Gasteiger partial charge on any atom is -0.348 e. The van der Waals surface area contributed by atoms with Crippen LogP contribution in [0.15, 0.2) is 24.3 Å². The van der Waals surface area contributed by atoms with Gasteiger partial charge in [0.05, 0.1) is 11.5 Å². The molecular weight excluding hydrogens is 262 g/mol. The first-order valence-electron chi connectivity index (χ1n) is 6.48. The Labute approximate surface area is 114 Å². The summed E-state index contributed by atoms with van der Waals surface area (Å²) in [5, 5.41) is 2.78. The second-order valence-electron chi connectivity index (χ2n) is 5.35. The number of carbonyl (C=O) groups excluding carboxylic acids is 1. The summed E-state index contributed by atoms with van der Waals surface area (Å²) in [5.74, 6) is 0.460. The Balaban J connectivity index is 2.00. The predicted octanol–water partition coefficient (Wildman–Crippen LogP) is 1.73. The van der Waals surface area contributed by atoms with Gasteiger partial charge in [-0.2, -0.15) is 0 Å². The summed E-state index contributed by atoms with van der Waals surface area (Å²) in [5.41, 5.74) is 1.76. The van der Waals surface area contributed by atoms with E-state index >= 15 is 0 Å². The lowest BCUT2D eigenvalue weighted by Gasteiger charge is -2.11. The van der Waals surface area contributed by atoms with E-state index in [1.165, 1.54) is 5.56 Å². The molecule has 0 aromatic heterocycles. The van der Waals surface area contributed by atoms with Crippen LogP contribution in [0.5, 0.6) is 0 Å². The van der Waals surface area contributed by atoms with Crippen LogP contribution >= 0.6 is 0 Å². The van der Waals surface area contributed by atoms with Gasteiger partial charge in [0.15, 0.2) is 9.84 Å². The zero-order valence-electron chi connectivity index (χ0n) is 11.2. The van der Waals surface area contributed by atoms with E-state index in [4.69, 9.17) is 0 Å². The summed E-state index contributed by atoms with van der Waals surface area (Å²) in [4.78, 5) is 12.0. The monoisotopic (exact) mass is 281 g/mol. The van der Waals surface area contributed by atoms with E-state index in [1.807, 2.05) is 12.1 Å². The van der Waals surface area contributed by atoms with Crippen LogP contribution in [-0.4, -0.2) is 31.9 Å². The molecule has 0 aliphatic carbocycles. The maximum absolute atomic E-state index is 12.0. The first-order chi connectivity index (χ1) is 8.87. The van der Waals surface area contributed by atoms with E-state index in [2.05, 4.69) is 19.2 Å². The van der Waals surface area contributed by atoms with E-state index in [-0.39, 0.29) is 23.5 Å². The molecule has 1 atom stereocenters. The molecule has 1 saturated heterocycles. The van der Waals surface area contributed by atoms with Crippen LogP contribution in [0.1, 0.15) is 42.1 Å². The van der Waals surface area contributed by atoms with Gasteiger partial charge in [0.25, 0.3) is 5.91 Å². The average Bonchev–Trinajstić information content (AvgIpc) is 2.68. The van der Waals surface area contributed by atoms with Crippen LogP contribution in [0.3, 0.4) is 0 Å². The summed E-state index contributed by atoms with van der Waals surface area (Å²) >= 11 is 0. The van der Waals surface area contributed by atoms with Crippen molar-refractivity contribution in [1.29, 1.82) is 0 Å². The molecule has 4 nitrogen and oxygen atoms in total. The van der Waals surface area contributed by atoms with Crippen molar-refractivity contribution in [3.8, 4) is 0 Å². The molecule has 1 aliphatic rings. The predicted molar refractivity (Wildman–Crippen MR) is 75.1 cm³/mol.